The number of rotatable bonds is 18. The van der Waals surface area contributed by atoms with E-state index in [0.29, 0.717) is 31.1 Å². The topological polar surface area (TPSA) is 126 Å². The summed E-state index contributed by atoms with van der Waals surface area (Å²) in [6.45, 7) is 4.46. The van der Waals surface area contributed by atoms with Crippen molar-refractivity contribution in [2.24, 2.45) is 0 Å². The molecule has 0 aliphatic carbocycles. The molecule has 3 aromatic rings. The van der Waals surface area contributed by atoms with E-state index in [1.54, 1.807) is 0 Å². The van der Waals surface area contributed by atoms with E-state index in [9.17, 15) is 19.2 Å². The molecule has 4 N–H and O–H groups in total. The zero-order valence-electron chi connectivity index (χ0n) is 29.1. The van der Waals surface area contributed by atoms with E-state index in [0.717, 1.165) is 60.1 Å². The molecule has 0 saturated carbocycles. The van der Waals surface area contributed by atoms with Crippen LogP contribution in [0.4, 0.5) is 4.79 Å². The molecular formula is C40H50N4O5S. The summed E-state index contributed by atoms with van der Waals surface area (Å²) < 4.78 is 6.54. The molecule has 1 unspecified atom stereocenters. The number of hydrogen-bond donors (Lipinski definition) is 4. The van der Waals surface area contributed by atoms with Crippen molar-refractivity contribution in [3.63, 3.8) is 0 Å². The fourth-order valence-electron chi connectivity index (χ4n) is 6.80. The average molecular weight is 699 g/mol. The van der Waals surface area contributed by atoms with Crippen LogP contribution in [0.3, 0.4) is 0 Å². The number of nitrogens with one attached hydrogen (secondary N) is 4. The predicted molar refractivity (Wildman–Crippen MR) is 198 cm³/mol. The highest BCUT2D eigenvalue weighted by Gasteiger charge is 2.43. The van der Waals surface area contributed by atoms with Crippen LogP contribution in [0.5, 0.6) is 0 Å². The molecule has 4 amide bonds. The normalized spacial score (nSPS) is 18.8. The first-order chi connectivity index (χ1) is 24.3. The molecule has 2 saturated heterocycles. The fraction of sp³-hybridized carbons (Fsp3) is 0.450. The van der Waals surface area contributed by atoms with E-state index in [-0.39, 0.29) is 36.3 Å². The third kappa shape index (κ3) is 9.47. The van der Waals surface area contributed by atoms with Crippen molar-refractivity contribution in [3.8, 4) is 0 Å². The van der Waals surface area contributed by atoms with Crippen LogP contribution in [0.15, 0.2) is 84.9 Å². The van der Waals surface area contributed by atoms with Gasteiger partial charge in [-0.15, -0.1) is 0 Å². The minimum absolute atomic E-state index is 0.0487. The fourth-order valence-corrected chi connectivity index (χ4v) is 8.35. The molecule has 10 heteroatoms. The third-order valence-corrected chi connectivity index (χ3v) is 11.1. The van der Waals surface area contributed by atoms with Gasteiger partial charge in [-0.1, -0.05) is 110 Å². The number of fused-ring (bicyclic) bond motifs is 1. The molecule has 2 heterocycles. The molecule has 0 bridgehead atoms. The first kappa shape index (κ1) is 37.0. The van der Waals surface area contributed by atoms with Crippen LogP contribution in [0.2, 0.25) is 0 Å². The number of unbranched alkanes of at least 4 members (excludes halogenated alkanes) is 3. The van der Waals surface area contributed by atoms with Gasteiger partial charge in [0.25, 0.3) is 0 Å². The van der Waals surface area contributed by atoms with Crippen molar-refractivity contribution < 1.29 is 23.9 Å². The summed E-state index contributed by atoms with van der Waals surface area (Å²) >= 11 is 1.89. The average Bonchev–Trinajstić information content (AvgIpc) is 3.69. The first-order valence-corrected chi connectivity index (χ1v) is 19.0. The molecule has 2 aliphatic heterocycles. The van der Waals surface area contributed by atoms with E-state index < -0.39 is 17.6 Å². The Morgan fingerprint density at radius 1 is 0.820 bits per heavy atom. The number of urea groups is 1. The lowest BCUT2D eigenvalue weighted by molar-refractivity contribution is -0.157. The summed E-state index contributed by atoms with van der Waals surface area (Å²) in [5.41, 5.74) is 2.34. The number of amides is 4. The van der Waals surface area contributed by atoms with Gasteiger partial charge in [-0.3, -0.25) is 9.59 Å². The molecule has 2 fully saturated rings. The number of ether oxygens (including phenoxy) is 1. The van der Waals surface area contributed by atoms with Crippen LogP contribution >= 0.6 is 11.8 Å². The lowest BCUT2D eigenvalue weighted by Crippen LogP contribution is -2.45. The molecule has 0 aromatic heterocycles. The Labute approximate surface area is 300 Å². The Bertz CT molecular complexity index is 1530. The molecule has 3 aromatic carbocycles. The van der Waals surface area contributed by atoms with E-state index in [1.807, 2.05) is 111 Å². The maximum Gasteiger partial charge on any atom is 0.330 e. The lowest BCUT2D eigenvalue weighted by Gasteiger charge is -2.36. The maximum atomic E-state index is 13.9. The largest absolute Gasteiger partial charge is 0.443 e. The number of esters is 1. The summed E-state index contributed by atoms with van der Waals surface area (Å²) in [5.74, 6) is 0.302. The van der Waals surface area contributed by atoms with Crippen LogP contribution in [0, 0.1) is 6.92 Å². The molecule has 5 rings (SSSR count). The number of aryl methyl sites for hydroxylation is 1. The smallest absolute Gasteiger partial charge is 0.330 e. The summed E-state index contributed by atoms with van der Waals surface area (Å²) in [7, 11) is 0. The Kier molecular flexibility index (Phi) is 13.4. The number of thioether (sulfide) groups is 1. The van der Waals surface area contributed by atoms with Gasteiger partial charge >= 0.3 is 12.0 Å². The minimum Gasteiger partial charge on any atom is -0.443 e. The van der Waals surface area contributed by atoms with E-state index in [4.69, 9.17) is 4.74 Å². The van der Waals surface area contributed by atoms with Crippen LogP contribution < -0.4 is 21.3 Å². The summed E-state index contributed by atoms with van der Waals surface area (Å²) in [6.07, 6.45) is 6.16. The first-order valence-electron chi connectivity index (χ1n) is 18.0. The van der Waals surface area contributed by atoms with E-state index >= 15 is 0 Å². The molecule has 0 radical (unpaired) electrons. The van der Waals surface area contributed by atoms with Gasteiger partial charge in [0, 0.05) is 47.1 Å². The Hall–Kier alpha value is -4.31. The lowest BCUT2D eigenvalue weighted by atomic mass is 9.79. The zero-order chi connectivity index (χ0) is 35.3. The molecule has 4 atom stereocenters. The Balaban J connectivity index is 1.06. The van der Waals surface area contributed by atoms with Crippen molar-refractivity contribution in [2.75, 3.05) is 12.3 Å². The number of carbonyl (C=O) groups is 4. The quantitative estimate of drug-likeness (QED) is 0.0549. The van der Waals surface area contributed by atoms with Crippen molar-refractivity contribution in [1.82, 2.24) is 21.3 Å². The highest BCUT2D eigenvalue weighted by atomic mass is 32.2. The van der Waals surface area contributed by atoms with Crippen LogP contribution in [0.25, 0.3) is 0 Å². The molecular weight excluding hydrogens is 649 g/mol. The van der Waals surface area contributed by atoms with Gasteiger partial charge in [0.1, 0.15) is 6.04 Å². The number of carbonyl (C=O) groups excluding carboxylic acids is 4. The van der Waals surface area contributed by atoms with Crippen molar-refractivity contribution >= 4 is 35.6 Å². The van der Waals surface area contributed by atoms with Gasteiger partial charge in [0.15, 0.2) is 5.60 Å². The number of hydrogen-bond acceptors (Lipinski definition) is 6. The van der Waals surface area contributed by atoms with Crippen molar-refractivity contribution in [3.05, 3.63) is 107 Å². The van der Waals surface area contributed by atoms with Crippen LogP contribution in [0.1, 0.15) is 87.0 Å². The minimum atomic E-state index is -1.21. The van der Waals surface area contributed by atoms with E-state index in [1.165, 1.54) is 0 Å². The molecule has 266 valence electrons. The highest BCUT2D eigenvalue weighted by molar-refractivity contribution is 8.00. The van der Waals surface area contributed by atoms with Gasteiger partial charge in [0.2, 0.25) is 11.8 Å². The van der Waals surface area contributed by atoms with E-state index in [2.05, 4.69) is 21.3 Å². The SMILES string of the molecule is CCC(NC(=O)CCCCCNC(=O)CCCC[C@@H]1SC[C@@H]2NC(=O)N[C@@H]21)C(=O)OC(c1ccccc1)(c1ccccc1)c1ccc(C)cc1. The van der Waals surface area contributed by atoms with Gasteiger partial charge in [-0.25, -0.2) is 9.59 Å². The second kappa shape index (κ2) is 18.1. The predicted octanol–water partition coefficient (Wildman–Crippen LogP) is 6.13. The second-order valence-electron chi connectivity index (χ2n) is 13.3. The summed E-state index contributed by atoms with van der Waals surface area (Å²) in [5, 5.41) is 12.3. The van der Waals surface area contributed by atoms with Gasteiger partial charge in [-0.2, -0.15) is 11.8 Å². The van der Waals surface area contributed by atoms with Gasteiger partial charge in [-0.05, 0) is 39.0 Å². The maximum absolute atomic E-state index is 13.9. The molecule has 9 nitrogen and oxygen atoms in total. The summed E-state index contributed by atoms with van der Waals surface area (Å²) in [6, 6.07) is 27.0. The van der Waals surface area contributed by atoms with Gasteiger partial charge < -0.3 is 26.0 Å². The van der Waals surface area contributed by atoms with Gasteiger partial charge in [0.05, 0.1) is 12.1 Å². The zero-order valence-corrected chi connectivity index (χ0v) is 29.9. The summed E-state index contributed by atoms with van der Waals surface area (Å²) in [4.78, 5) is 50.8. The molecule has 50 heavy (non-hydrogen) atoms. The molecule has 0 spiro atoms. The molecule has 2 aliphatic rings. The third-order valence-electron chi connectivity index (χ3n) is 9.58. The second-order valence-corrected chi connectivity index (χ2v) is 14.5. The Morgan fingerprint density at radius 2 is 1.44 bits per heavy atom. The monoisotopic (exact) mass is 698 g/mol. The van der Waals surface area contributed by atoms with Crippen molar-refractivity contribution in [2.45, 2.75) is 101 Å². The van der Waals surface area contributed by atoms with Crippen LogP contribution in [-0.4, -0.2) is 59.5 Å². The van der Waals surface area contributed by atoms with Crippen molar-refractivity contribution in [1.29, 1.82) is 0 Å². The Morgan fingerprint density at radius 3 is 2.10 bits per heavy atom. The van der Waals surface area contributed by atoms with Crippen LogP contribution in [-0.2, 0) is 24.7 Å². The number of benzene rings is 3. The highest BCUT2D eigenvalue weighted by Crippen LogP contribution is 2.41. The standard InChI is InChI=1S/C40H50N4O5S/c1-3-32(38(47)49-40(29-15-7-4-8-16-29,30-17-9-5-10-18-30)31-24-22-28(2)23-25-31)42-36(46)21-11-6-14-26-41-35(45)20-13-12-19-34-37-33(27-50-34)43-39(48)44-37/h4-5,7-10,15-18,22-25,32-34,37H,3,6,11-14,19-21,26-27H2,1-2H3,(H,41,45)(H,42,46)(H2,43,44,48)/t32?,33-,34-,37-/m0/s1.